The molecule has 0 bridgehead atoms. The summed E-state index contributed by atoms with van der Waals surface area (Å²) in [4.78, 5) is 18.8. The zero-order valence-electron chi connectivity index (χ0n) is 8.98. The number of aromatic nitrogens is 2. The van der Waals surface area contributed by atoms with Gasteiger partial charge >= 0.3 is 5.97 Å². The molecular weight excluding hydrogens is 192 g/mol. The first kappa shape index (κ1) is 11.6. The molecule has 0 saturated heterocycles. The van der Waals surface area contributed by atoms with E-state index in [9.17, 15) is 4.79 Å². The number of hydrogen-bond donors (Lipinski definition) is 0. The number of unbranched alkanes of at least 4 members (excludes halogenated alkanes) is 3. The van der Waals surface area contributed by atoms with Crippen LogP contribution in [0.25, 0.3) is 0 Å². The van der Waals surface area contributed by atoms with E-state index in [4.69, 9.17) is 4.74 Å². The molecule has 0 aliphatic heterocycles. The number of carbonyl (C=O) groups is 1. The molecule has 1 aromatic rings. The van der Waals surface area contributed by atoms with Crippen molar-refractivity contribution in [3.8, 4) is 5.75 Å². The third-order valence-corrected chi connectivity index (χ3v) is 2.00. The van der Waals surface area contributed by atoms with E-state index in [-0.39, 0.29) is 5.97 Å². The predicted octanol–water partition coefficient (Wildman–Crippen LogP) is 2.35. The summed E-state index contributed by atoms with van der Waals surface area (Å²) in [6, 6.07) is 0. The van der Waals surface area contributed by atoms with Gasteiger partial charge in [-0.25, -0.2) is 9.97 Å². The molecule has 0 radical (unpaired) electrons. The summed E-state index contributed by atoms with van der Waals surface area (Å²) < 4.78 is 5.03. The second-order valence-corrected chi connectivity index (χ2v) is 3.36. The zero-order chi connectivity index (χ0) is 10.9. The van der Waals surface area contributed by atoms with Gasteiger partial charge in [0.15, 0.2) is 5.75 Å². The molecule has 82 valence electrons. The normalized spacial score (nSPS) is 9.93. The van der Waals surface area contributed by atoms with Crippen molar-refractivity contribution in [2.75, 3.05) is 0 Å². The third-order valence-electron chi connectivity index (χ3n) is 2.00. The Morgan fingerprint density at radius 3 is 2.67 bits per heavy atom. The lowest BCUT2D eigenvalue weighted by Gasteiger charge is -2.02. The van der Waals surface area contributed by atoms with Gasteiger partial charge < -0.3 is 4.74 Å². The van der Waals surface area contributed by atoms with Crippen LogP contribution in [0.3, 0.4) is 0 Å². The van der Waals surface area contributed by atoms with Crippen LogP contribution in [-0.2, 0) is 4.79 Å². The Kier molecular flexibility index (Phi) is 5.37. The summed E-state index contributed by atoms with van der Waals surface area (Å²) in [5.41, 5.74) is 0. The summed E-state index contributed by atoms with van der Waals surface area (Å²) in [6.45, 7) is 2.14. The SMILES string of the molecule is CCCCCCC(=O)Oc1cncnc1. The van der Waals surface area contributed by atoms with E-state index >= 15 is 0 Å². The van der Waals surface area contributed by atoms with Crippen LogP contribution in [0.4, 0.5) is 0 Å². The first-order valence-corrected chi connectivity index (χ1v) is 5.28. The molecule has 4 nitrogen and oxygen atoms in total. The van der Waals surface area contributed by atoms with Crippen LogP contribution in [0.1, 0.15) is 39.0 Å². The molecule has 0 aliphatic rings. The molecule has 0 amide bonds. The molecule has 1 heterocycles. The van der Waals surface area contributed by atoms with E-state index in [1.165, 1.54) is 31.6 Å². The second-order valence-electron chi connectivity index (χ2n) is 3.36. The fourth-order valence-corrected chi connectivity index (χ4v) is 1.22. The van der Waals surface area contributed by atoms with E-state index in [1.54, 1.807) is 0 Å². The van der Waals surface area contributed by atoms with Crippen molar-refractivity contribution in [1.29, 1.82) is 0 Å². The van der Waals surface area contributed by atoms with Crippen molar-refractivity contribution < 1.29 is 9.53 Å². The molecule has 0 aromatic carbocycles. The fourth-order valence-electron chi connectivity index (χ4n) is 1.22. The lowest BCUT2D eigenvalue weighted by atomic mass is 10.2. The lowest BCUT2D eigenvalue weighted by molar-refractivity contribution is -0.134. The average molecular weight is 208 g/mol. The van der Waals surface area contributed by atoms with Crippen LogP contribution in [0.15, 0.2) is 18.7 Å². The molecule has 0 spiro atoms. The predicted molar refractivity (Wildman–Crippen MR) is 56.4 cm³/mol. The highest BCUT2D eigenvalue weighted by atomic mass is 16.5. The Balaban J connectivity index is 2.19. The molecule has 1 aromatic heterocycles. The Labute approximate surface area is 89.7 Å². The van der Waals surface area contributed by atoms with Gasteiger partial charge in [-0.15, -0.1) is 0 Å². The van der Waals surface area contributed by atoms with E-state index in [0.717, 1.165) is 12.8 Å². The van der Waals surface area contributed by atoms with Crippen LogP contribution in [0, 0.1) is 0 Å². The summed E-state index contributed by atoms with van der Waals surface area (Å²) in [6.07, 6.45) is 9.14. The Hall–Kier alpha value is -1.45. The van der Waals surface area contributed by atoms with Crippen LogP contribution in [0.2, 0.25) is 0 Å². The van der Waals surface area contributed by atoms with Gasteiger partial charge in [0.2, 0.25) is 0 Å². The number of nitrogens with zero attached hydrogens (tertiary/aromatic N) is 2. The van der Waals surface area contributed by atoms with Crippen molar-refractivity contribution in [3.05, 3.63) is 18.7 Å². The smallest absolute Gasteiger partial charge is 0.311 e. The summed E-state index contributed by atoms with van der Waals surface area (Å²) in [7, 11) is 0. The van der Waals surface area contributed by atoms with Crippen LogP contribution >= 0.6 is 0 Å². The molecule has 0 fully saturated rings. The largest absolute Gasteiger partial charge is 0.423 e. The fraction of sp³-hybridized carbons (Fsp3) is 0.545. The maximum absolute atomic E-state index is 11.3. The Morgan fingerprint density at radius 2 is 2.00 bits per heavy atom. The summed E-state index contributed by atoms with van der Waals surface area (Å²) in [5, 5.41) is 0. The molecule has 0 saturated carbocycles. The van der Waals surface area contributed by atoms with Crippen molar-refractivity contribution in [2.24, 2.45) is 0 Å². The van der Waals surface area contributed by atoms with Gasteiger partial charge in [0.05, 0.1) is 12.4 Å². The number of rotatable bonds is 6. The highest BCUT2D eigenvalue weighted by Crippen LogP contribution is 2.08. The second kappa shape index (κ2) is 6.92. The first-order valence-electron chi connectivity index (χ1n) is 5.28. The summed E-state index contributed by atoms with van der Waals surface area (Å²) in [5.74, 6) is 0.207. The van der Waals surface area contributed by atoms with Crippen LogP contribution < -0.4 is 4.74 Å². The molecule has 4 heteroatoms. The Morgan fingerprint density at radius 1 is 1.27 bits per heavy atom. The van der Waals surface area contributed by atoms with E-state index in [0.29, 0.717) is 12.2 Å². The summed E-state index contributed by atoms with van der Waals surface area (Å²) >= 11 is 0. The van der Waals surface area contributed by atoms with Gasteiger partial charge in [-0.3, -0.25) is 4.79 Å². The lowest BCUT2D eigenvalue weighted by Crippen LogP contribution is -2.07. The van der Waals surface area contributed by atoms with Gasteiger partial charge in [0.25, 0.3) is 0 Å². The molecule has 0 N–H and O–H groups in total. The monoisotopic (exact) mass is 208 g/mol. The number of hydrogen-bond acceptors (Lipinski definition) is 4. The van der Waals surface area contributed by atoms with Crippen molar-refractivity contribution >= 4 is 5.97 Å². The Bertz CT molecular complexity index is 288. The molecule has 0 aliphatic carbocycles. The van der Waals surface area contributed by atoms with Crippen molar-refractivity contribution in [2.45, 2.75) is 39.0 Å². The van der Waals surface area contributed by atoms with Crippen molar-refractivity contribution in [1.82, 2.24) is 9.97 Å². The minimum Gasteiger partial charge on any atom is -0.423 e. The third kappa shape index (κ3) is 5.10. The number of carbonyl (C=O) groups excluding carboxylic acids is 1. The number of esters is 1. The van der Waals surface area contributed by atoms with Gasteiger partial charge in [0.1, 0.15) is 6.33 Å². The maximum Gasteiger partial charge on any atom is 0.311 e. The van der Waals surface area contributed by atoms with E-state index in [1.807, 2.05) is 0 Å². The van der Waals surface area contributed by atoms with E-state index in [2.05, 4.69) is 16.9 Å². The quantitative estimate of drug-likeness (QED) is 0.532. The van der Waals surface area contributed by atoms with Gasteiger partial charge in [-0.1, -0.05) is 26.2 Å². The topological polar surface area (TPSA) is 52.1 Å². The molecule has 0 unspecified atom stereocenters. The molecule has 1 rings (SSSR count). The average Bonchev–Trinajstić information content (AvgIpc) is 2.26. The molecular formula is C11H16N2O2. The maximum atomic E-state index is 11.3. The van der Waals surface area contributed by atoms with Crippen molar-refractivity contribution in [3.63, 3.8) is 0 Å². The van der Waals surface area contributed by atoms with Crippen LogP contribution in [-0.4, -0.2) is 15.9 Å². The highest BCUT2D eigenvalue weighted by molar-refractivity contribution is 5.71. The van der Waals surface area contributed by atoms with Crippen LogP contribution in [0.5, 0.6) is 5.75 Å². The van der Waals surface area contributed by atoms with Gasteiger partial charge in [-0.2, -0.15) is 0 Å². The highest BCUT2D eigenvalue weighted by Gasteiger charge is 2.04. The minimum absolute atomic E-state index is 0.207. The zero-order valence-corrected chi connectivity index (χ0v) is 8.98. The van der Waals surface area contributed by atoms with Gasteiger partial charge in [0, 0.05) is 6.42 Å². The first-order chi connectivity index (χ1) is 7.33. The minimum atomic E-state index is -0.207. The van der Waals surface area contributed by atoms with E-state index < -0.39 is 0 Å². The standard InChI is InChI=1S/C11H16N2O2/c1-2-3-4-5-6-11(14)15-10-7-12-9-13-8-10/h7-9H,2-6H2,1H3. The molecule has 0 atom stereocenters. The molecule has 15 heavy (non-hydrogen) atoms. The number of ether oxygens (including phenoxy) is 1. The van der Waals surface area contributed by atoms with Gasteiger partial charge in [-0.05, 0) is 6.42 Å².